The molecule has 0 bridgehead atoms. The van der Waals surface area contributed by atoms with Crippen molar-refractivity contribution in [1.29, 1.82) is 0 Å². The molecule has 1 atom stereocenters. The standard InChI is InChI=1S/C22H32N2O/c1-2-20(25)23-15-11-19(12-16-23)24-17-22(13-7-4-8-14-22)21(24)18-9-5-3-6-10-18/h3,5-6,9-10,19,21H,2,4,7-8,11-17H2,1H3. The minimum absolute atomic E-state index is 0.324. The fourth-order valence-corrected chi connectivity index (χ4v) is 5.66. The Hall–Kier alpha value is -1.35. The minimum Gasteiger partial charge on any atom is -0.343 e. The lowest BCUT2D eigenvalue weighted by atomic mass is 9.60. The zero-order valence-corrected chi connectivity index (χ0v) is 15.6. The Labute approximate surface area is 152 Å². The number of piperidine rings is 1. The first-order valence-electron chi connectivity index (χ1n) is 10.3. The second-order valence-electron chi connectivity index (χ2n) is 8.37. The summed E-state index contributed by atoms with van der Waals surface area (Å²) in [6.07, 6.45) is 9.95. The normalized spacial score (nSPS) is 27.2. The van der Waals surface area contributed by atoms with Crippen LogP contribution in [0.2, 0.25) is 0 Å². The van der Waals surface area contributed by atoms with Gasteiger partial charge in [-0.2, -0.15) is 0 Å². The summed E-state index contributed by atoms with van der Waals surface area (Å²) in [6, 6.07) is 12.5. The van der Waals surface area contributed by atoms with Crippen LogP contribution in [0.4, 0.5) is 0 Å². The topological polar surface area (TPSA) is 23.6 Å². The molecule has 1 aliphatic carbocycles. The smallest absolute Gasteiger partial charge is 0.222 e. The van der Waals surface area contributed by atoms with E-state index in [0.717, 1.165) is 25.9 Å². The van der Waals surface area contributed by atoms with Gasteiger partial charge in [0.25, 0.3) is 0 Å². The van der Waals surface area contributed by atoms with E-state index in [1.807, 2.05) is 6.92 Å². The maximum Gasteiger partial charge on any atom is 0.222 e. The van der Waals surface area contributed by atoms with E-state index in [1.165, 1.54) is 44.2 Å². The highest BCUT2D eigenvalue weighted by Gasteiger charge is 2.54. The average Bonchev–Trinajstić information content (AvgIpc) is 2.67. The number of benzene rings is 1. The van der Waals surface area contributed by atoms with E-state index in [9.17, 15) is 4.79 Å². The van der Waals surface area contributed by atoms with Gasteiger partial charge in [0.15, 0.2) is 0 Å². The van der Waals surface area contributed by atoms with Gasteiger partial charge in [-0.3, -0.25) is 9.69 Å². The first kappa shape index (κ1) is 17.1. The summed E-state index contributed by atoms with van der Waals surface area (Å²) in [5.41, 5.74) is 2.04. The molecule has 136 valence electrons. The lowest BCUT2D eigenvalue weighted by Crippen LogP contribution is -2.63. The molecule has 25 heavy (non-hydrogen) atoms. The molecule has 1 aromatic rings. The van der Waals surface area contributed by atoms with Gasteiger partial charge in [0.2, 0.25) is 5.91 Å². The molecule has 4 rings (SSSR count). The molecule has 3 fully saturated rings. The molecule has 1 saturated carbocycles. The number of carbonyl (C=O) groups excluding carboxylic acids is 1. The van der Waals surface area contributed by atoms with Gasteiger partial charge in [0.1, 0.15) is 0 Å². The molecule has 0 aromatic heterocycles. The highest BCUT2D eigenvalue weighted by atomic mass is 16.2. The van der Waals surface area contributed by atoms with Crippen LogP contribution in [-0.4, -0.2) is 41.4 Å². The Kier molecular flexibility index (Phi) is 4.86. The molecular weight excluding hydrogens is 308 g/mol. The average molecular weight is 341 g/mol. The molecule has 1 spiro atoms. The molecule has 0 N–H and O–H groups in total. The van der Waals surface area contributed by atoms with E-state index in [-0.39, 0.29) is 0 Å². The monoisotopic (exact) mass is 340 g/mol. The zero-order valence-electron chi connectivity index (χ0n) is 15.6. The molecule has 2 saturated heterocycles. The van der Waals surface area contributed by atoms with Crippen LogP contribution in [0.25, 0.3) is 0 Å². The molecule has 1 amide bonds. The summed E-state index contributed by atoms with van der Waals surface area (Å²) in [6.45, 7) is 5.14. The first-order valence-corrected chi connectivity index (χ1v) is 10.3. The lowest BCUT2D eigenvalue weighted by molar-refractivity contribution is -0.143. The number of rotatable bonds is 3. The van der Waals surface area contributed by atoms with Crippen LogP contribution in [0.3, 0.4) is 0 Å². The van der Waals surface area contributed by atoms with E-state index < -0.39 is 0 Å². The Morgan fingerprint density at radius 3 is 2.40 bits per heavy atom. The van der Waals surface area contributed by atoms with Gasteiger partial charge in [0, 0.05) is 43.6 Å². The molecule has 3 heteroatoms. The van der Waals surface area contributed by atoms with Gasteiger partial charge >= 0.3 is 0 Å². The van der Waals surface area contributed by atoms with Crippen molar-refractivity contribution in [2.75, 3.05) is 19.6 Å². The minimum atomic E-state index is 0.324. The van der Waals surface area contributed by atoms with E-state index in [0.29, 0.717) is 29.8 Å². The van der Waals surface area contributed by atoms with Crippen molar-refractivity contribution < 1.29 is 4.79 Å². The first-order chi connectivity index (χ1) is 12.2. The van der Waals surface area contributed by atoms with Crippen molar-refractivity contribution in [2.24, 2.45) is 5.41 Å². The largest absolute Gasteiger partial charge is 0.343 e. The predicted molar refractivity (Wildman–Crippen MR) is 101 cm³/mol. The Morgan fingerprint density at radius 2 is 1.76 bits per heavy atom. The molecule has 0 radical (unpaired) electrons. The highest BCUT2D eigenvalue weighted by molar-refractivity contribution is 5.75. The maximum atomic E-state index is 12.0. The number of hydrogen-bond donors (Lipinski definition) is 0. The van der Waals surface area contributed by atoms with Gasteiger partial charge in [-0.1, -0.05) is 56.5 Å². The van der Waals surface area contributed by atoms with E-state index in [4.69, 9.17) is 0 Å². The van der Waals surface area contributed by atoms with E-state index >= 15 is 0 Å². The van der Waals surface area contributed by atoms with Crippen molar-refractivity contribution in [3.8, 4) is 0 Å². The summed E-state index contributed by atoms with van der Waals surface area (Å²) in [5, 5.41) is 0. The van der Waals surface area contributed by atoms with Crippen molar-refractivity contribution in [1.82, 2.24) is 9.80 Å². The van der Waals surface area contributed by atoms with Crippen LogP contribution < -0.4 is 0 Å². The molecule has 2 aliphatic heterocycles. The number of hydrogen-bond acceptors (Lipinski definition) is 2. The quantitative estimate of drug-likeness (QED) is 0.814. The van der Waals surface area contributed by atoms with Gasteiger partial charge in [-0.15, -0.1) is 0 Å². The SMILES string of the molecule is CCC(=O)N1CCC(N2CC3(CCCCC3)C2c2ccccc2)CC1. The predicted octanol–water partition coefficient (Wildman–Crippen LogP) is 4.39. The molecule has 1 unspecified atom stereocenters. The van der Waals surface area contributed by atoms with Crippen molar-refractivity contribution in [3.05, 3.63) is 35.9 Å². The summed E-state index contributed by atoms with van der Waals surface area (Å²) in [7, 11) is 0. The number of carbonyl (C=O) groups is 1. The van der Waals surface area contributed by atoms with Crippen LogP contribution in [0, 0.1) is 5.41 Å². The zero-order chi connectivity index (χ0) is 17.3. The van der Waals surface area contributed by atoms with Crippen LogP contribution in [-0.2, 0) is 4.79 Å². The van der Waals surface area contributed by atoms with Gasteiger partial charge in [-0.25, -0.2) is 0 Å². The third-order valence-electron chi connectivity index (χ3n) is 6.96. The van der Waals surface area contributed by atoms with Crippen molar-refractivity contribution in [3.63, 3.8) is 0 Å². The van der Waals surface area contributed by atoms with Crippen molar-refractivity contribution >= 4 is 5.91 Å². The third kappa shape index (κ3) is 3.12. The van der Waals surface area contributed by atoms with Crippen LogP contribution >= 0.6 is 0 Å². The number of likely N-dealkylation sites (tertiary alicyclic amines) is 2. The maximum absolute atomic E-state index is 12.0. The van der Waals surface area contributed by atoms with Crippen molar-refractivity contribution in [2.45, 2.75) is 70.4 Å². The molecule has 2 heterocycles. The lowest BCUT2D eigenvalue weighted by Gasteiger charge is -2.63. The summed E-state index contributed by atoms with van der Waals surface area (Å²) >= 11 is 0. The molecular formula is C22H32N2O. The van der Waals surface area contributed by atoms with E-state index in [2.05, 4.69) is 40.1 Å². The van der Waals surface area contributed by atoms with Gasteiger partial charge in [0.05, 0.1) is 0 Å². The molecule has 3 aliphatic rings. The van der Waals surface area contributed by atoms with Crippen LogP contribution in [0.1, 0.15) is 69.9 Å². The number of nitrogens with zero attached hydrogens (tertiary/aromatic N) is 2. The van der Waals surface area contributed by atoms with Crippen LogP contribution in [0.5, 0.6) is 0 Å². The fraction of sp³-hybridized carbons (Fsp3) is 0.682. The Morgan fingerprint density at radius 1 is 1.08 bits per heavy atom. The fourth-order valence-electron chi connectivity index (χ4n) is 5.66. The highest BCUT2D eigenvalue weighted by Crippen LogP contribution is 2.58. The number of amides is 1. The summed E-state index contributed by atoms with van der Waals surface area (Å²) < 4.78 is 0. The second-order valence-corrected chi connectivity index (χ2v) is 8.37. The van der Waals surface area contributed by atoms with Gasteiger partial charge in [-0.05, 0) is 31.2 Å². The summed E-state index contributed by atoms with van der Waals surface area (Å²) in [4.78, 5) is 16.8. The van der Waals surface area contributed by atoms with Crippen LogP contribution in [0.15, 0.2) is 30.3 Å². The Bertz CT molecular complexity index is 585. The molecule has 1 aromatic carbocycles. The van der Waals surface area contributed by atoms with Gasteiger partial charge < -0.3 is 4.90 Å². The Balaban J connectivity index is 1.49. The second kappa shape index (κ2) is 7.11. The van der Waals surface area contributed by atoms with E-state index in [1.54, 1.807) is 0 Å². The molecule has 3 nitrogen and oxygen atoms in total. The summed E-state index contributed by atoms with van der Waals surface area (Å²) in [5.74, 6) is 0.324. The third-order valence-corrected chi connectivity index (χ3v) is 6.96.